The Labute approximate surface area is 105 Å². The molecule has 2 aromatic heterocycles. The Morgan fingerprint density at radius 2 is 2.41 bits per heavy atom. The van der Waals surface area contributed by atoms with Gasteiger partial charge in [-0.15, -0.1) is 9.24 Å². The average Bonchev–Trinajstić information content (AvgIpc) is 2.73. The molecule has 0 spiro atoms. The molecule has 0 bridgehead atoms. The molecule has 2 unspecified atom stereocenters. The molecule has 0 saturated heterocycles. The SMILES string of the molecule is OCC(Cn1cnc2c(=S)nc[nH]c21)OCP. The lowest BCUT2D eigenvalue weighted by atomic mass is 10.3. The molecule has 2 N–H and O–H groups in total. The first-order chi connectivity index (χ1) is 8.26. The van der Waals surface area contributed by atoms with Crippen molar-refractivity contribution in [2.24, 2.45) is 0 Å². The second kappa shape index (κ2) is 5.64. The highest BCUT2D eigenvalue weighted by Crippen LogP contribution is 2.11. The third kappa shape index (κ3) is 2.69. The number of aliphatic hydroxyl groups excluding tert-OH is 1. The van der Waals surface area contributed by atoms with Crippen LogP contribution in [0.1, 0.15) is 0 Å². The molecule has 2 heterocycles. The van der Waals surface area contributed by atoms with Gasteiger partial charge in [-0.05, 0) is 0 Å². The number of rotatable bonds is 5. The van der Waals surface area contributed by atoms with Crippen molar-refractivity contribution in [2.75, 3.05) is 13.0 Å². The number of aromatic nitrogens is 4. The summed E-state index contributed by atoms with van der Waals surface area (Å²) in [6, 6.07) is 0. The van der Waals surface area contributed by atoms with Crippen molar-refractivity contribution in [3.63, 3.8) is 0 Å². The number of imidazole rings is 1. The van der Waals surface area contributed by atoms with Crippen LogP contribution in [0.2, 0.25) is 0 Å². The fraction of sp³-hybridized carbons (Fsp3) is 0.444. The van der Waals surface area contributed by atoms with Gasteiger partial charge in [-0.25, -0.2) is 9.97 Å². The van der Waals surface area contributed by atoms with Crippen molar-refractivity contribution in [3.05, 3.63) is 17.3 Å². The van der Waals surface area contributed by atoms with E-state index in [1.807, 2.05) is 4.57 Å². The summed E-state index contributed by atoms with van der Waals surface area (Å²) in [7, 11) is 2.46. The van der Waals surface area contributed by atoms with E-state index in [0.717, 1.165) is 5.65 Å². The Morgan fingerprint density at radius 1 is 1.59 bits per heavy atom. The Hall–Kier alpha value is -0.880. The zero-order chi connectivity index (χ0) is 12.3. The summed E-state index contributed by atoms with van der Waals surface area (Å²) in [4.78, 5) is 11.1. The topological polar surface area (TPSA) is 76.0 Å². The lowest BCUT2D eigenvalue weighted by Crippen LogP contribution is -2.23. The van der Waals surface area contributed by atoms with Crippen LogP contribution in [0, 0.1) is 4.64 Å². The van der Waals surface area contributed by atoms with Crippen LogP contribution in [0.3, 0.4) is 0 Å². The van der Waals surface area contributed by atoms with Crippen LogP contribution in [-0.4, -0.2) is 43.7 Å². The lowest BCUT2D eigenvalue weighted by molar-refractivity contribution is 0.0290. The fourth-order valence-corrected chi connectivity index (χ4v) is 2.03. The van der Waals surface area contributed by atoms with Crippen molar-refractivity contribution >= 4 is 32.6 Å². The van der Waals surface area contributed by atoms with E-state index in [-0.39, 0.29) is 12.7 Å². The maximum Gasteiger partial charge on any atom is 0.157 e. The number of H-pyrrole nitrogens is 1. The number of nitrogens with zero attached hydrogens (tertiary/aromatic N) is 3. The standard InChI is InChI=1S/C9H13N4O2PS/c14-2-6(15-5-16)1-13-4-12-7-8(13)10-3-11-9(7)17/h3-4,6,14H,1-2,5,16H2,(H,10,11,17). The van der Waals surface area contributed by atoms with Gasteiger partial charge in [-0.1, -0.05) is 12.2 Å². The first kappa shape index (κ1) is 12.6. The van der Waals surface area contributed by atoms with Crippen LogP contribution >= 0.6 is 21.5 Å². The van der Waals surface area contributed by atoms with E-state index in [1.165, 1.54) is 6.33 Å². The number of ether oxygens (including phenoxy) is 1. The van der Waals surface area contributed by atoms with Crippen LogP contribution in [0.15, 0.2) is 12.7 Å². The third-order valence-corrected chi connectivity index (χ3v) is 2.85. The maximum absolute atomic E-state index is 9.17. The molecule has 0 aromatic carbocycles. The van der Waals surface area contributed by atoms with Gasteiger partial charge in [0.05, 0.1) is 38.3 Å². The summed E-state index contributed by atoms with van der Waals surface area (Å²) in [5.74, 6) is 0. The van der Waals surface area contributed by atoms with Gasteiger partial charge in [-0.3, -0.25) is 0 Å². The quantitative estimate of drug-likeness (QED) is 0.619. The minimum atomic E-state index is -0.264. The number of aromatic amines is 1. The number of hydrogen-bond donors (Lipinski definition) is 2. The molecule has 2 rings (SSSR count). The van der Waals surface area contributed by atoms with E-state index in [9.17, 15) is 5.11 Å². The average molecular weight is 272 g/mol. The summed E-state index contributed by atoms with van der Waals surface area (Å²) in [6.07, 6.45) is 3.41. The zero-order valence-electron chi connectivity index (χ0n) is 9.04. The van der Waals surface area contributed by atoms with Crippen molar-refractivity contribution in [1.29, 1.82) is 0 Å². The molecule has 0 amide bonds. The van der Waals surface area contributed by atoms with E-state index in [2.05, 4.69) is 24.2 Å². The summed E-state index contributed by atoms with van der Waals surface area (Å²) in [5.41, 5.74) is 1.45. The molecule has 0 radical (unpaired) electrons. The summed E-state index contributed by atoms with van der Waals surface area (Å²) in [6.45, 7) is 0.469. The molecular formula is C9H13N4O2PS. The number of nitrogens with one attached hydrogen (secondary N) is 1. The molecule has 92 valence electrons. The Bertz CT molecular complexity index is 555. The van der Waals surface area contributed by atoms with Gasteiger partial charge in [0, 0.05) is 0 Å². The van der Waals surface area contributed by atoms with Crippen LogP contribution in [-0.2, 0) is 11.3 Å². The Kier molecular flexibility index (Phi) is 4.17. The highest BCUT2D eigenvalue weighted by Gasteiger charge is 2.11. The molecule has 0 saturated carbocycles. The van der Waals surface area contributed by atoms with E-state index in [1.54, 1.807) is 6.33 Å². The Morgan fingerprint density at radius 3 is 3.12 bits per heavy atom. The monoisotopic (exact) mass is 272 g/mol. The molecule has 0 aliphatic heterocycles. The smallest absolute Gasteiger partial charge is 0.157 e. The van der Waals surface area contributed by atoms with E-state index in [4.69, 9.17) is 17.0 Å². The van der Waals surface area contributed by atoms with Crippen molar-refractivity contribution in [1.82, 2.24) is 19.5 Å². The predicted molar refractivity (Wildman–Crippen MR) is 69.2 cm³/mol. The van der Waals surface area contributed by atoms with E-state index < -0.39 is 0 Å². The van der Waals surface area contributed by atoms with Crippen molar-refractivity contribution < 1.29 is 9.84 Å². The summed E-state index contributed by atoms with van der Waals surface area (Å²) < 4.78 is 7.67. The largest absolute Gasteiger partial charge is 0.394 e. The van der Waals surface area contributed by atoms with Crippen LogP contribution in [0.25, 0.3) is 11.2 Å². The second-order valence-corrected chi connectivity index (χ2v) is 4.16. The second-order valence-electron chi connectivity index (χ2n) is 3.44. The highest BCUT2D eigenvalue weighted by atomic mass is 32.1. The molecule has 0 aliphatic rings. The Balaban J connectivity index is 2.30. The first-order valence-electron chi connectivity index (χ1n) is 5.07. The van der Waals surface area contributed by atoms with E-state index in [0.29, 0.717) is 23.1 Å². The number of aliphatic hydroxyl groups is 1. The zero-order valence-corrected chi connectivity index (χ0v) is 11.0. The van der Waals surface area contributed by atoms with Gasteiger partial charge in [0.25, 0.3) is 0 Å². The fourth-order valence-electron chi connectivity index (χ4n) is 1.56. The van der Waals surface area contributed by atoms with Crippen molar-refractivity contribution in [3.8, 4) is 0 Å². The molecule has 2 atom stereocenters. The number of hydrogen-bond acceptors (Lipinski definition) is 5. The third-order valence-electron chi connectivity index (χ3n) is 2.36. The normalized spacial score (nSPS) is 13.1. The van der Waals surface area contributed by atoms with Crippen molar-refractivity contribution in [2.45, 2.75) is 12.6 Å². The first-order valence-corrected chi connectivity index (χ1v) is 6.29. The highest BCUT2D eigenvalue weighted by molar-refractivity contribution is 7.71. The van der Waals surface area contributed by atoms with Crippen LogP contribution in [0.4, 0.5) is 0 Å². The molecule has 17 heavy (non-hydrogen) atoms. The summed E-state index contributed by atoms with van der Waals surface area (Å²) in [5, 5.41) is 9.17. The summed E-state index contributed by atoms with van der Waals surface area (Å²) >= 11 is 5.07. The van der Waals surface area contributed by atoms with Gasteiger partial charge in [0.1, 0.15) is 11.2 Å². The molecule has 8 heteroatoms. The number of fused-ring (bicyclic) bond motifs is 1. The molecule has 6 nitrogen and oxygen atoms in total. The van der Waals surface area contributed by atoms with Crippen LogP contribution in [0.5, 0.6) is 0 Å². The van der Waals surface area contributed by atoms with Gasteiger partial charge in [-0.2, -0.15) is 0 Å². The predicted octanol–water partition coefficient (Wildman–Crippen LogP) is 0.699. The van der Waals surface area contributed by atoms with Gasteiger partial charge in [0.2, 0.25) is 0 Å². The molecule has 0 aliphatic carbocycles. The molecular weight excluding hydrogens is 259 g/mol. The molecule has 0 fully saturated rings. The van der Waals surface area contributed by atoms with Crippen LogP contribution < -0.4 is 0 Å². The minimum absolute atomic E-state index is 0.0418. The maximum atomic E-state index is 9.17. The molecule has 2 aromatic rings. The van der Waals surface area contributed by atoms with E-state index >= 15 is 0 Å². The van der Waals surface area contributed by atoms with Gasteiger partial charge in [0.15, 0.2) is 4.64 Å². The van der Waals surface area contributed by atoms with Gasteiger partial charge >= 0.3 is 0 Å². The lowest BCUT2D eigenvalue weighted by Gasteiger charge is -2.14. The minimum Gasteiger partial charge on any atom is -0.394 e. The van der Waals surface area contributed by atoms with Gasteiger partial charge < -0.3 is 19.4 Å².